The van der Waals surface area contributed by atoms with E-state index in [-0.39, 0.29) is 0 Å². The lowest BCUT2D eigenvalue weighted by Gasteiger charge is -2.42. The van der Waals surface area contributed by atoms with E-state index in [0.717, 1.165) is 0 Å². The van der Waals surface area contributed by atoms with E-state index in [0.29, 0.717) is 6.42 Å². The highest BCUT2D eigenvalue weighted by molar-refractivity contribution is 9.09. The van der Waals surface area contributed by atoms with Crippen LogP contribution in [-0.4, -0.2) is 47.3 Å². The Morgan fingerprint density at radius 1 is 0.905 bits per heavy atom. The lowest BCUT2D eigenvalue weighted by Crippen LogP contribution is -2.59. The molecular formula is C13H19BrO7. The van der Waals surface area contributed by atoms with Crippen LogP contribution in [-0.2, 0) is 33.3 Å². The van der Waals surface area contributed by atoms with Crippen molar-refractivity contribution in [3.05, 3.63) is 0 Å². The summed E-state index contributed by atoms with van der Waals surface area (Å²) in [6, 6.07) is 0. The van der Waals surface area contributed by atoms with Crippen molar-refractivity contribution >= 4 is 33.8 Å². The molecule has 8 heteroatoms. The lowest BCUT2D eigenvalue weighted by atomic mass is 9.97. The first-order valence-electron chi connectivity index (χ1n) is 6.57. The van der Waals surface area contributed by atoms with E-state index in [1.54, 1.807) is 0 Å². The van der Waals surface area contributed by atoms with Gasteiger partial charge in [-0.05, 0) is 6.42 Å². The topological polar surface area (TPSA) is 88.1 Å². The third kappa shape index (κ3) is 4.96. The van der Waals surface area contributed by atoms with Gasteiger partial charge in [-0.1, -0.05) is 22.9 Å². The summed E-state index contributed by atoms with van der Waals surface area (Å²) >= 11 is 3.26. The first kappa shape index (κ1) is 17.9. The Kier molecular flexibility index (Phi) is 6.60. The molecule has 7 nitrogen and oxygen atoms in total. The van der Waals surface area contributed by atoms with Crippen LogP contribution < -0.4 is 0 Å². The van der Waals surface area contributed by atoms with Crippen LogP contribution in [0.25, 0.3) is 0 Å². The SMILES string of the molecule is CCC1O[C@@H](Br)[C@H](OC(C)=O)C(OC(C)=O)[C@@H]1OC(C)=O. The van der Waals surface area contributed by atoms with Crippen molar-refractivity contribution in [2.45, 2.75) is 63.5 Å². The van der Waals surface area contributed by atoms with Crippen molar-refractivity contribution in [2.24, 2.45) is 0 Å². The smallest absolute Gasteiger partial charge is 0.303 e. The molecule has 0 aromatic heterocycles. The van der Waals surface area contributed by atoms with Gasteiger partial charge in [0.1, 0.15) is 0 Å². The second-order valence-corrected chi connectivity index (χ2v) is 5.56. The third-order valence-electron chi connectivity index (χ3n) is 2.89. The van der Waals surface area contributed by atoms with E-state index >= 15 is 0 Å². The number of hydrogen-bond acceptors (Lipinski definition) is 7. The summed E-state index contributed by atoms with van der Waals surface area (Å²) in [6.45, 7) is 5.56. The van der Waals surface area contributed by atoms with Crippen molar-refractivity contribution in [3.63, 3.8) is 0 Å². The monoisotopic (exact) mass is 366 g/mol. The number of carbonyl (C=O) groups excluding carboxylic acids is 3. The number of rotatable bonds is 4. The number of halogens is 1. The van der Waals surface area contributed by atoms with Crippen molar-refractivity contribution in [1.29, 1.82) is 0 Å². The fourth-order valence-electron chi connectivity index (χ4n) is 2.17. The predicted octanol–water partition coefficient (Wildman–Crippen LogP) is 1.31. The van der Waals surface area contributed by atoms with Gasteiger partial charge < -0.3 is 18.9 Å². The van der Waals surface area contributed by atoms with Crippen LogP contribution in [0.15, 0.2) is 0 Å². The summed E-state index contributed by atoms with van der Waals surface area (Å²) in [7, 11) is 0. The molecule has 1 heterocycles. The molecule has 2 unspecified atom stereocenters. The Bertz CT molecular complexity index is 411. The molecule has 0 aliphatic carbocycles. The van der Waals surface area contributed by atoms with E-state index in [9.17, 15) is 14.4 Å². The summed E-state index contributed by atoms with van der Waals surface area (Å²) in [5.41, 5.74) is 0. The molecular weight excluding hydrogens is 348 g/mol. The zero-order valence-corrected chi connectivity index (χ0v) is 13.9. The first-order chi connectivity index (χ1) is 9.76. The largest absolute Gasteiger partial charge is 0.456 e. The zero-order chi connectivity index (χ0) is 16.2. The molecule has 0 saturated carbocycles. The van der Waals surface area contributed by atoms with Crippen LogP contribution in [0.4, 0.5) is 0 Å². The van der Waals surface area contributed by atoms with Gasteiger partial charge in [0.15, 0.2) is 23.3 Å². The average molecular weight is 367 g/mol. The van der Waals surface area contributed by atoms with E-state index < -0.39 is 47.3 Å². The van der Waals surface area contributed by atoms with E-state index in [4.69, 9.17) is 18.9 Å². The Hall–Kier alpha value is -1.15. The lowest BCUT2D eigenvalue weighted by molar-refractivity contribution is -0.230. The molecule has 1 fully saturated rings. The Balaban J connectivity index is 3.08. The maximum absolute atomic E-state index is 11.3. The van der Waals surface area contributed by atoms with Crippen molar-refractivity contribution < 1.29 is 33.3 Å². The number of alkyl halides is 1. The summed E-state index contributed by atoms with van der Waals surface area (Å²) in [5.74, 6) is -1.65. The van der Waals surface area contributed by atoms with Gasteiger partial charge in [-0.25, -0.2) is 0 Å². The van der Waals surface area contributed by atoms with Crippen LogP contribution in [0, 0.1) is 0 Å². The molecule has 0 N–H and O–H groups in total. The molecule has 5 atom stereocenters. The van der Waals surface area contributed by atoms with Crippen LogP contribution in [0.3, 0.4) is 0 Å². The highest BCUT2D eigenvalue weighted by atomic mass is 79.9. The zero-order valence-electron chi connectivity index (χ0n) is 12.3. The second kappa shape index (κ2) is 7.74. The quantitative estimate of drug-likeness (QED) is 0.421. The van der Waals surface area contributed by atoms with Crippen LogP contribution >= 0.6 is 15.9 Å². The molecule has 21 heavy (non-hydrogen) atoms. The van der Waals surface area contributed by atoms with Gasteiger partial charge in [-0.3, -0.25) is 14.4 Å². The van der Waals surface area contributed by atoms with Crippen LogP contribution in [0.2, 0.25) is 0 Å². The van der Waals surface area contributed by atoms with Gasteiger partial charge in [0, 0.05) is 20.8 Å². The van der Waals surface area contributed by atoms with Crippen LogP contribution in [0.5, 0.6) is 0 Å². The van der Waals surface area contributed by atoms with Crippen molar-refractivity contribution in [1.82, 2.24) is 0 Å². The number of ether oxygens (including phenoxy) is 4. The minimum atomic E-state index is -0.932. The number of carbonyl (C=O) groups is 3. The van der Waals surface area contributed by atoms with Gasteiger partial charge >= 0.3 is 17.9 Å². The molecule has 0 aromatic carbocycles. The molecule has 0 amide bonds. The summed E-state index contributed by atoms with van der Waals surface area (Å²) in [6.07, 6.45) is -2.62. The summed E-state index contributed by atoms with van der Waals surface area (Å²) in [4.78, 5) is 33.8. The van der Waals surface area contributed by atoms with Crippen molar-refractivity contribution in [3.8, 4) is 0 Å². The standard InChI is InChI=1S/C13H19BrO7/c1-5-9-10(18-6(2)15)11(19-7(3)16)12(13(14)21-9)20-8(4)17/h9-13H,5H2,1-4H3/t9?,10-,11?,12-,13-/m1/s1. The van der Waals surface area contributed by atoms with Crippen LogP contribution in [0.1, 0.15) is 34.1 Å². The fraction of sp³-hybridized carbons (Fsp3) is 0.769. The maximum Gasteiger partial charge on any atom is 0.303 e. The highest BCUT2D eigenvalue weighted by Crippen LogP contribution is 2.32. The molecule has 1 saturated heterocycles. The van der Waals surface area contributed by atoms with E-state index in [1.807, 2.05) is 6.92 Å². The normalized spacial score (nSPS) is 32.1. The molecule has 1 aliphatic rings. The molecule has 0 bridgehead atoms. The van der Waals surface area contributed by atoms with Gasteiger partial charge in [0.2, 0.25) is 0 Å². The van der Waals surface area contributed by atoms with Gasteiger partial charge in [0.25, 0.3) is 0 Å². The van der Waals surface area contributed by atoms with E-state index in [2.05, 4.69) is 15.9 Å². The third-order valence-corrected chi connectivity index (χ3v) is 3.62. The number of hydrogen-bond donors (Lipinski definition) is 0. The second-order valence-electron chi connectivity index (χ2n) is 4.66. The Morgan fingerprint density at radius 2 is 1.33 bits per heavy atom. The summed E-state index contributed by atoms with van der Waals surface area (Å²) in [5, 5.41) is -0.664. The van der Waals surface area contributed by atoms with Gasteiger partial charge in [0.05, 0.1) is 6.10 Å². The molecule has 1 aliphatic heterocycles. The van der Waals surface area contributed by atoms with E-state index in [1.165, 1.54) is 20.8 Å². The predicted molar refractivity (Wildman–Crippen MR) is 74.5 cm³/mol. The van der Waals surface area contributed by atoms with Crippen molar-refractivity contribution in [2.75, 3.05) is 0 Å². The molecule has 0 spiro atoms. The maximum atomic E-state index is 11.3. The fourth-order valence-corrected chi connectivity index (χ4v) is 2.86. The Morgan fingerprint density at radius 3 is 1.76 bits per heavy atom. The van der Waals surface area contributed by atoms with Gasteiger partial charge in [-0.15, -0.1) is 0 Å². The summed E-state index contributed by atoms with van der Waals surface area (Å²) < 4.78 is 21.2. The van der Waals surface area contributed by atoms with Gasteiger partial charge in [-0.2, -0.15) is 0 Å². The minimum absolute atomic E-state index is 0.477. The molecule has 120 valence electrons. The minimum Gasteiger partial charge on any atom is -0.456 e. The average Bonchev–Trinajstić information content (AvgIpc) is 2.35. The molecule has 0 radical (unpaired) electrons. The first-order valence-corrected chi connectivity index (χ1v) is 7.49. The molecule has 0 aromatic rings. The Labute approximate surface area is 131 Å². The number of esters is 3. The molecule has 1 rings (SSSR count). The highest BCUT2D eigenvalue weighted by Gasteiger charge is 2.50.